The molecule has 4 heteroatoms. The second kappa shape index (κ2) is 5.94. The van der Waals surface area contributed by atoms with Gasteiger partial charge in [0.25, 0.3) is 0 Å². The molecule has 0 saturated carbocycles. The summed E-state index contributed by atoms with van der Waals surface area (Å²) in [6.45, 7) is 10.2. The van der Waals surface area contributed by atoms with Crippen LogP contribution in [0.3, 0.4) is 0 Å². The minimum atomic E-state index is -1.79. The maximum absolute atomic E-state index is 10.8. The summed E-state index contributed by atoms with van der Waals surface area (Å²) in [4.78, 5) is 10.8. The summed E-state index contributed by atoms with van der Waals surface area (Å²) < 4.78 is 10.5. The Hall–Kier alpha value is -0.613. The van der Waals surface area contributed by atoms with Crippen molar-refractivity contribution in [1.82, 2.24) is 0 Å². The molecule has 0 aromatic heterocycles. The van der Waals surface area contributed by atoms with E-state index >= 15 is 0 Å². The summed E-state index contributed by atoms with van der Waals surface area (Å²) in [7, 11) is -1.79. The highest BCUT2D eigenvalue weighted by Crippen LogP contribution is 2.05. The Bertz CT molecular complexity index is 178. The number of carbonyl (C=O) groups excluding carboxylic acids is 1. The fourth-order valence-corrected chi connectivity index (χ4v) is 2.05. The van der Waals surface area contributed by atoms with E-state index in [0.717, 1.165) is 13.0 Å². The smallest absolute Gasteiger partial charge is 0.329 e. The highest BCUT2D eigenvalue weighted by Gasteiger charge is 2.23. The molecule has 13 heavy (non-hydrogen) atoms. The quantitative estimate of drug-likeness (QED) is 0.375. The molecule has 0 radical (unpaired) electrons. The molecule has 0 aromatic carbocycles. The van der Waals surface area contributed by atoms with E-state index in [1.165, 1.54) is 6.08 Å². The molecule has 0 aromatic rings. The molecule has 0 bridgehead atoms. The monoisotopic (exact) mass is 202 g/mol. The second-order valence-electron chi connectivity index (χ2n) is 3.42. The normalized spacial score (nSPS) is 11.0. The molecule has 0 aliphatic carbocycles. The van der Waals surface area contributed by atoms with Crippen LogP contribution in [-0.2, 0) is 14.0 Å². The molecule has 3 nitrogen and oxygen atoms in total. The lowest BCUT2D eigenvalue weighted by molar-refractivity contribution is -0.136. The molecule has 0 aliphatic heterocycles. The first-order valence-electron chi connectivity index (χ1n) is 4.45. The summed E-state index contributed by atoms with van der Waals surface area (Å²) in [5, 5.41) is 0. The predicted molar refractivity (Wildman–Crippen MR) is 54.9 cm³/mol. The van der Waals surface area contributed by atoms with Crippen LogP contribution in [0.4, 0.5) is 0 Å². The summed E-state index contributed by atoms with van der Waals surface area (Å²) in [6.07, 6.45) is 2.56. The van der Waals surface area contributed by atoms with Gasteiger partial charge in [-0.15, -0.1) is 0 Å². The van der Waals surface area contributed by atoms with Crippen LogP contribution in [0.5, 0.6) is 0 Å². The van der Waals surface area contributed by atoms with Gasteiger partial charge in [0.1, 0.15) is 6.23 Å². The van der Waals surface area contributed by atoms with Crippen molar-refractivity contribution in [3.63, 3.8) is 0 Å². The number of hydrogen-bond acceptors (Lipinski definition) is 3. The van der Waals surface area contributed by atoms with Gasteiger partial charge in [-0.1, -0.05) is 13.5 Å². The first-order chi connectivity index (χ1) is 6.02. The fraction of sp³-hybridized carbons (Fsp3) is 0.667. The van der Waals surface area contributed by atoms with Crippen molar-refractivity contribution in [3.8, 4) is 0 Å². The van der Waals surface area contributed by atoms with Gasteiger partial charge in [-0.2, -0.15) is 0 Å². The van der Waals surface area contributed by atoms with E-state index in [1.54, 1.807) is 0 Å². The van der Waals surface area contributed by atoms with E-state index in [2.05, 4.69) is 13.5 Å². The number of rotatable bonds is 6. The van der Waals surface area contributed by atoms with Crippen LogP contribution in [0.15, 0.2) is 12.7 Å². The molecule has 0 saturated heterocycles. The molecule has 0 heterocycles. The maximum Gasteiger partial charge on any atom is 0.329 e. The highest BCUT2D eigenvalue weighted by molar-refractivity contribution is 6.71. The molecule has 0 rings (SSSR count). The van der Waals surface area contributed by atoms with Gasteiger partial charge in [-0.05, 0) is 19.5 Å². The number of carbonyl (C=O) groups is 1. The van der Waals surface area contributed by atoms with Crippen LogP contribution < -0.4 is 0 Å². The largest absolute Gasteiger partial charge is 0.463 e. The van der Waals surface area contributed by atoms with Crippen LogP contribution in [0.1, 0.15) is 13.3 Å². The average molecular weight is 202 g/mol. The van der Waals surface area contributed by atoms with Crippen molar-refractivity contribution in [2.45, 2.75) is 26.4 Å². The van der Waals surface area contributed by atoms with E-state index in [0.29, 0.717) is 6.23 Å². The molecule has 0 unspecified atom stereocenters. The van der Waals surface area contributed by atoms with Crippen molar-refractivity contribution >= 4 is 14.3 Å². The average Bonchev–Trinajstić information content (AvgIpc) is 2.11. The van der Waals surface area contributed by atoms with Gasteiger partial charge in [0.05, 0.1) is 0 Å². The Labute approximate surface area is 80.9 Å². The Morgan fingerprint density at radius 3 is 2.62 bits per heavy atom. The highest BCUT2D eigenvalue weighted by atomic mass is 28.4. The van der Waals surface area contributed by atoms with Crippen molar-refractivity contribution in [3.05, 3.63) is 12.7 Å². The fourth-order valence-electron chi connectivity index (χ4n) is 0.724. The van der Waals surface area contributed by atoms with Crippen LogP contribution in [0.25, 0.3) is 0 Å². The number of esters is 1. The predicted octanol–water partition coefficient (Wildman–Crippen LogP) is 1.89. The molecule has 76 valence electrons. The SMILES string of the molecule is C=CC(=O)OC[Si](C)(C)OCCC. The Morgan fingerprint density at radius 1 is 1.54 bits per heavy atom. The lowest BCUT2D eigenvalue weighted by Crippen LogP contribution is -2.38. The minimum absolute atomic E-state index is 0.374. The van der Waals surface area contributed by atoms with Crippen LogP contribution in [-0.4, -0.2) is 27.1 Å². The first-order valence-corrected chi connectivity index (χ1v) is 7.56. The third-order valence-corrected chi connectivity index (χ3v) is 3.25. The molecule has 0 amide bonds. The topological polar surface area (TPSA) is 35.5 Å². The van der Waals surface area contributed by atoms with E-state index in [9.17, 15) is 4.79 Å². The third-order valence-electron chi connectivity index (χ3n) is 1.43. The van der Waals surface area contributed by atoms with E-state index in [1.807, 2.05) is 13.1 Å². The van der Waals surface area contributed by atoms with Crippen LogP contribution in [0.2, 0.25) is 13.1 Å². The van der Waals surface area contributed by atoms with E-state index in [-0.39, 0.29) is 5.97 Å². The first kappa shape index (κ1) is 12.4. The van der Waals surface area contributed by atoms with Crippen molar-refractivity contribution in [2.24, 2.45) is 0 Å². The van der Waals surface area contributed by atoms with Gasteiger partial charge >= 0.3 is 5.97 Å². The van der Waals surface area contributed by atoms with E-state index < -0.39 is 8.32 Å². The van der Waals surface area contributed by atoms with Crippen LogP contribution in [0, 0.1) is 0 Å². The molecule has 0 spiro atoms. The standard InChI is InChI=1S/C9H18O3Si/c1-5-7-12-13(3,4)8-11-9(10)6-2/h6H,2,5,7-8H2,1,3-4H3. The molecule has 0 fully saturated rings. The zero-order valence-electron chi connectivity index (χ0n) is 8.63. The number of ether oxygens (including phenoxy) is 1. The van der Waals surface area contributed by atoms with Crippen molar-refractivity contribution in [1.29, 1.82) is 0 Å². The summed E-state index contributed by atoms with van der Waals surface area (Å²) in [5.41, 5.74) is 0. The minimum Gasteiger partial charge on any atom is -0.463 e. The van der Waals surface area contributed by atoms with Gasteiger partial charge in [0, 0.05) is 12.7 Å². The lowest BCUT2D eigenvalue weighted by Gasteiger charge is -2.21. The van der Waals surface area contributed by atoms with Gasteiger partial charge in [0.15, 0.2) is 0 Å². The Morgan fingerprint density at radius 2 is 2.15 bits per heavy atom. The van der Waals surface area contributed by atoms with E-state index in [4.69, 9.17) is 9.16 Å². The van der Waals surface area contributed by atoms with Crippen molar-refractivity contribution < 1.29 is 14.0 Å². The van der Waals surface area contributed by atoms with Gasteiger partial charge in [-0.25, -0.2) is 4.79 Å². The van der Waals surface area contributed by atoms with Crippen molar-refractivity contribution in [2.75, 3.05) is 12.8 Å². The zero-order chi connectivity index (χ0) is 10.3. The summed E-state index contributed by atoms with van der Waals surface area (Å²) >= 11 is 0. The molecule has 0 atom stereocenters. The molecule has 0 aliphatic rings. The molecule has 0 N–H and O–H groups in total. The third kappa shape index (κ3) is 6.54. The van der Waals surface area contributed by atoms with Gasteiger partial charge in [0.2, 0.25) is 8.32 Å². The van der Waals surface area contributed by atoms with Gasteiger partial charge < -0.3 is 9.16 Å². The zero-order valence-corrected chi connectivity index (χ0v) is 9.63. The Balaban J connectivity index is 3.74. The number of hydrogen-bond donors (Lipinski definition) is 0. The second-order valence-corrected chi connectivity index (χ2v) is 7.52. The Kier molecular flexibility index (Phi) is 5.66. The van der Waals surface area contributed by atoms with Gasteiger partial charge in [-0.3, -0.25) is 0 Å². The lowest BCUT2D eigenvalue weighted by atomic mass is 10.5. The molecular weight excluding hydrogens is 184 g/mol. The molecular formula is C9H18O3Si. The summed E-state index contributed by atoms with van der Waals surface area (Å²) in [5.74, 6) is -0.374. The summed E-state index contributed by atoms with van der Waals surface area (Å²) in [6, 6.07) is 0. The maximum atomic E-state index is 10.8. The van der Waals surface area contributed by atoms with Crippen LogP contribution >= 0.6 is 0 Å².